The molecule has 1 rings (SSSR count). The van der Waals surface area contributed by atoms with E-state index in [0.717, 1.165) is 11.1 Å². The summed E-state index contributed by atoms with van der Waals surface area (Å²) in [5, 5.41) is 9.63. The molecular weight excluding hydrogens is 292 g/mol. The number of aliphatic carboxylic acids is 1. The summed E-state index contributed by atoms with van der Waals surface area (Å²) in [7, 11) is 3.08. The molecular formula is C16H23ClO4. The van der Waals surface area contributed by atoms with Crippen molar-refractivity contribution in [1.29, 1.82) is 0 Å². The number of methoxy groups -OCH3 is 2. The highest BCUT2D eigenvalue weighted by Crippen LogP contribution is 2.46. The molecule has 1 aromatic rings. The zero-order chi connectivity index (χ0) is 16.4. The number of carboxylic acid groups (broad SMARTS) is 1. The first-order valence-corrected chi connectivity index (χ1v) is 7.20. The lowest BCUT2D eigenvalue weighted by molar-refractivity contribution is -0.138. The predicted octanol–water partition coefficient (Wildman–Crippen LogP) is 4.23. The molecule has 4 nitrogen and oxygen atoms in total. The van der Waals surface area contributed by atoms with Crippen molar-refractivity contribution in [2.75, 3.05) is 14.2 Å². The summed E-state index contributed by atoms with van der Waals surface area (Å²) in [5.74, 6) is 0.291. The summed E-state index contributed by atoms with van der Waals surface area (Å²) in [6.07, 6.45) is 0.0124. The Bertz CT molecular complexity index is 536. The summed E-state index contributed by atoms with van der Waals surface area (Å²) < 4.78 is 10.7. The molecule has 0 saturated heterocycles. The minimum Gasteiger partial charge on any atom is -0.493 e. The minimum atomic E-state index is -0.847. The van der Waals surface area contributed by atoms with Crippen LogP contribution in [0.15, 0.2) is 6.07 Å². The third kappa shape index (κ3) is 3.62. The van der Waals surface area contributed by atoms with Gasteiger partial charge in [0.25, 0.3) is 0 Å². The first kappa shape index (κ1) is 17.6. The van der Waals surface area contributed by atoms with Crippen molar-refractivity contribution in [2.24, 2.45) is 0 Å². The molecule has 0 aromatic heterocycles. The number of carbonyl (C=O) groups is 1. The predicted molar refractivity (Wildman–Crippen MR) is 83.9 cm³/mol. The van der Waals surface area contributed by atoms with Crippen LogP contribution in [0.4, 0.5) is 0 Å². The maximum Gasteiger partial charge on any atom is 0.304 e. The maximum atomic E-state index is 11.1. The molecule has 118 valence electrons. The molecule has 5 heteroatoms. The Morgan fingerprint density at radius 1 is 1.33 bits per heavy atom. The minimum absolute atomic E-state index is 0.0124. The van der Waals surface area contributed by atoms with Crippen LogP contribution in [0.5, 0.6) is 11.5 Å². The van der Waals surface area contributed by atoms with Crippen LogP contribution >= 0.6 is 11.6 Å². The van der Waals surface area contributed by atoms with E-state index in [-0.39, 0.29) is 12.3 Å². The number of rotatable bonds is 6. The lowest BCUT2D eigenvalue weighted by Crippen LogP contribution is -2.24. The molecule has 0 radical (unpaired) electrons. The Labute approximate surface area is 131 Å². The van der Waals surface area contributed by atoms with Crippen molar-refractivity contribution in [3.63, 3.8) is 0 Å². The molecule has 0 unspecified atom stereocenters. The van der Waals surface area contributed by atoms with E-state index in [9.17, 15) is 4.79 Å². The van der Waals surface area contributed by atoms with Crippen LogP contribution in [0.2, 0.25) is 5.02 Å². The normalized spacial score (nSPS) is 11.6. The number of benzene rings is 1. The van der Waals surface area contributed by atoms with Crippen molar-refractivity contribution < 1.29 is 19.4 Å². The van der Waals surface area contributed by atoms with Gasteiger partial charge in [0, 0.05) is 5.41 Å². The lowest BCUT2D eigenvalue weighted by atomic mass is 9.76. The van der Waals surface area contributed by atoms with Crippen molar-refractivity contribution in [3.8, 4) is 11.5 Å². The topological polar surface area (TPSA) is 55.8 Å². The number of halogens is 1. The molecule has 0 heterocycles. The summed E-state index contributed by atoms with van der Waals surface area (Å²) in [6.45, 7) is 7.83. The van der Waals surface area contributed by atoms with E-state index in [0.29, 0.717) is 16.5 Å². The largest absolute Gasteiger partial charge is 0.493 e. The van der Waals surface area contributed by atoms with Gasteiger partial charge in [0.1, 0.15) is 0 Å². The van der Waals surface area contributed by atoms with Crippen LogP contribution in [0, 0.1) is 0 Å². The van der Waals surface area contributed by atoms with Gasteiger partial charge in [-0.25, -0.2) is 0 Å². The van der Waals surface area contributed by atoms with Gasteiger partial charge in [-0.2, -0.15) is 0 Å². The second-order valence-corrected chi connectivity index (χ2v) is 6.37. The van der Waals surface area contributed by atoms with Crippen molar-refractivity contribution in [3.05, 3.63) is 22.2 Å². The van der Waals surface area contributed by atoms with Crippen molar-refractivity contribution >= 4 is 17.6 Å². The summed E-state index contributed by atoms with van der Waals surface area (Å²) in [5.41, 5.74) is 1.22. The Kier molecular flexibility index (Phi) is 5.51. The number of ether oxygens (including phenoxy) is 2. The quantitative estimate of drug-likeness (QED) is 0.853. The van der Waals surface area contributed by atoms with E-state index in [4.69, 9.17) is 26.2 Å². The highest BCUT2D eigenvalue weighted by atomic mass is 35.5. The van der Waals surface area contributed by atoms with Gasteiger partial charge in [-0.05, 0) is 23.1 Å². The molecule has 0 atom stereocenters. The highest BCUT2D eigenvalue weighted by molar-refractivity contribution is 6.33. The second kappa shape index (κ2) is 6.56. The third-order valence-electron chi connectivity index (χ3n) is 3.55. The van der Waals surface area contributed by atoms with Gasteiger partial charge >= 0.3 is 5.97 Å². The number of hydrogen-bond donors (Lipinski definition) is 1. The smallest absolute Gasteiger partial charge is 0.304 e. The first-order chi connectivity index (χ1) is 9.65. The van der Waals surface area contributed by atoms with Crippen LogP contribution in [0.3, 0.4) is 0 Å². The van der Waals surface area contributed by atoms with Gasteiger partial charge in [0.15, 0.2) is 11.5 Å². The SMILES string of the molecule is COc1cc(C(C)(C)CC(=O)O)c(C(C)C)c(Cl)c1OC. The standard InChI is InChI=1S/C16H23ClO4/c1-9(2)13-10(16(3,4)8-12(18)19)7-11(20-5)15(21-6)14(13)17/h7,9H,8H2,1-6H3,(H,18,19). The van der Waals surface area contributed by atoms with Gasteiger partial charge < -0.3 is 14.6 Å². The van der Waals surface area contributed by atoms with Gasteiger partial charge in [-0.15, -0.1) is 0 Å². The van der Waals surface area contributed by atoms with E-state index >= 15 is 0 Å². The Balaban J connectivity index is 3.64. The average molecular weight is 315 g/mol. The zero-order valence-electron chi connectivity index (χ0n) is 13.4. The molecule has 0 spiro atoms. The summed E-state index contributed by atoms with van der Waals surface area (Å²) in [6, 6.07) is 1.84. The van der Waals surface area contributed by atoms with Crippen LogP contribution in [-0.2, 0) is 10.2 Å². The molecule has 0 aliphatic carbocycles. The molecule has 0 aliphatic heterocycles. The van der Waals surface area contributed by atoms with E-state index < -0.39 is 11.4 Å². The van der Waals surface area contributed by atoms with Crippen LogP contribution < -0.4 is 9.47 Å². The summed E-state index contributed by atoms with van der Waals surface area (Å²) >= 11 is 6.48. The van der Waals surface area contributed by atoms with Gasteiger partial charge in [0.05, 0.1) is 25.7 Å². The fraction of sp³-hybridized carbons (Fsp3) is 0.562. The van der Waals surface area contributed by atoms with Crippen molar-refractivity contribution in [2.45, 2.75) is 45.4 Å². The second-order valence-electron chi connectivity index (χ2n) is 6.00. The fourth-order valence-electron chi connectivity index (χ4n) is 2.56. The monoisotopic (exact) mass is 314 g/mol. The highest BCUT2D eigenvalue weighted by Gasteiger charge is 2.31. The number of hydrogen-bond acceptors (Lipinski definition) is 3. The summed E-state index contributed by atoms with van der Waals surface area (Å²) in [4.78, 5) is 11.1. The first-order valence-electron chi connectivity index (χ1n) is 6.82. The van der Waals surface area contributed by atoms with E-state index in [1.807, 2.05) is 33.8 Å². The Morgan fingerprint density at radius 3 is 2.29 bits per heavy atom. The number of carboxylic acids is 1. The lowest BCUT2D eigenvalue weighted by Gasteiger charge is -2.30. The zero-order valence-corrected chi connectivity index (χ0v) is 14.2. The van der Waals surface area contributed by atoms with Crippen LogP contribution in [0.25, 0.3) is 0 Å². The van der Waals surface area contributed by atoms with Gasteiger partial charge in [0.2, 0.25) is 0 Å². The Morgan fingerprint density at radius 2 is 1.90 bits per heavy atom. The van der Waals surface area contributed by atoms with Crippen molar-refractivity contribution in [1.82, 2.24) is 0 Å². The average Bonchev–Trinajstić information content (AvgIpc) is 2.35. The van der Waals surface area contributed by atoms with Crippen LogP contribution in [-0.4, -0.2) is 25.3 Å². The molecule has 0 saturated carbocycles. The molecule has 0 fully saturated rings. The molecule has 0 amide bonds. The molecule has 1 N–H and O–H groups in total. The molecule has 0 aliphatic rings. The van der Waals surface area contributed by atoms with E-state index in [1.165, 1.54) is 14.2 Å². The third-order valence-corrected chi connectivity index (χ3v) is 3.92. The molecule has 1 aromatic carbocycles. The van der Waals surface area contributed by atoms with Crippen LogP contribution in [0.1, 0.15) is 51.2 Å². The van der Waals surface area contributed by atoms with E-state index in [1.54, 1.807) is 0 Å². The molecule has 21 heavy (non-hydrogen) atoms. The maximum absolute atomic E-state index is 11.1. The van der Waals surface area contributed by atoms with Gasteiger partial charge in [-0.3, -0.25) is 4.79 Å². The van der Waals surface area contributed by atoms with Gasteiger partial charge in [-0.1, -0.05) is 39.3 Å². The Hall–Kier alpha value is -1.42. The fourth-order valence-corrected chi connectivity index (χ4v) is 3.05. The van der Waals surface area contributed by atoms with E-state index in [2.05, 4.69) is 0 Å². The molecule has 0 bridgehead atoms.